The van der Waals surface area contributed by atoms with Crippen LogP contribution < -0.4 is 5.32 Å². The number of nitrogens with one attached hydrogen (secondary N) is 1. The van der Waals surface area contributed by atoms with E-state index in [-0.39, 0.29) is 5.82 Å². The minimum Gasteiger partial charge on any atom is -0.375 e. The molecule has 0 aliphatic rings. The lowest BCUT2D eigenvalue weighted by molar-refractivity contribution is 0.629. The molecule has 0 radical (unpaired) electrons. The van der Waals surface area contributed by atoms with Gasteiger partial charge in [0.05, 0.1) is 17.9 Å². The van der Waals surface area contributed by atoms with Gasteiger partial charge in [0, 0.05) is 4.47 Å². The van der Waals surface area contributed by atoms with Gasteiger partial charge < -0.3 is 5.32 Å². The van der Waals surface area contributed by atoms with E-state index in [9.17, 15) is 4.39 Å². The van der Waals surface area contributed by atoms with E-state index < -0.39 is 0 Å². The topological polar surface area (TPSA) is 55.6 Å². The predicted octanol–water partition coefficient (Wildman–Crippen LogP) is 3.18. The smallest absolute Gasteiger partial charge is 0.175 e. The Bertz CT molecular complexity index is 758. The van der Waals surface area contributed by atoms with E-state index in [4.69, 9.17) is 0 Å². The number of para-hydroxylation sites is 2. The highest BCUT2D eigenvalue weighted by Crippen LogP contribution is 2.20. The zero-order valence-corrected chi connectivity index (χ0v) is 12.5. The molecule has 2 aromatic carbocycles. The molecule has 0 atom stereocenters. The fraction of sp³-hybridized carbons (Fsp3) is 0.0714. The van der Waals surface area contributed by atoms with E-state index >= 15 is 0 Å². The average molecular weight is 348 g/mol. The molecule has 0 aliphatic heterocycles. The van der Waals surface area contributed by atoms with Crippen molar-refractivity contribution in [2.24, 2.45) is 0 Å². The maximum atomic E-state index is 13.6. The molecular formula is C14H11BrFN5. The van der Waals surface area contributed by atoms with E-state index in [1.165, 1.54) is 6.07 Å². The van der Waals surface area contributed by atoms with Crippen LogP contribution in [0.15, 0.2) is 53.0 Å². The van der Waals surface area contributed by atoms with Crippen LogP contribution in [-0.4, -0.2) is 20.2 Å². The number of hydrogen-bond donors (Lipinski definition) is 1. The highest BCUT2D eigenvalue weighted by molar-refractivity contribution is 9.10. The molecule has 0 unspecified atom stereocenters. The summed E-state index contributed by atoms with van der Waals surface area (Å²) in [6, 6.07) is 14.1. The van der Waals surface area contributed by atoms with E-state index in [0.29, 0.717) is 18.1 Å². The molecule has 0 bridgehead atoms. The Hall–Kier alpha value is -2.28. The predicted molar refractivity (Wildman–Crippen MR) is 80.6 cm³/mol. The summed E-state index contributed by atoms with van der Waals surface area (Å²) >= 11 is 3.46. The van der Waals surface area contributed by atoms with Crippen molar-refractivity contribution < 1.29 is 4.39 Å². The Morgan fingerprint density at radius 3 is 2.67 bits per heavy atom. The lowest BCUT2D eigenvalue weighted by Gasteiger charge is -2.09. The van der Waals surface area contributed by atoms with Crippen molar-refractivity contribution in [3.63, 3.8) is 0 Å². The zero-order valence-electron chi connectivity index (χ0n) is 10.9. The summed E-state index contributed by atoms with van der Waals surface area (Å²) in [4.78, 5) is 0. The Morgan fingerprint density at radius 1 is 1.10 bits per heavy atom. The number of benzene rings is 2. The average Bonchev–Trinajstić information content (AvgIpc) is 2.95. The number of nitrogens with zero attached hydrogens (tertiary/aromatic N) is 4. The largest absolute Gasteiger partial charge is 0.375 e. The van der Waals surface area contributed by atoms with Crippen molar-refractivity contribution in [1.29, 1.82) is 0 Å². The van der Waals surface area contributed by atoms with Gasteiger partial charge in [-0.1, -0.05) is 24.3 Å². The number of halogens is 2. The number of rotatable bonds is 4. The summed E-state index contributed by atoms with van der Waals surface area (Å²) in [6.07, 6.45) is 0. The Balaban J connectivity index is 1.84. The normalized spacial score (nSPS) is 10.6. The number of anilines is 1. The van der Waals surface area contributed by atoms with Gasteiger partial charge in [-0.05, 0) is 50.6 Å². The van der Waals surface area contributed by atoms with Gasteiger partial charge in [-0.15, -0.1) is 5.10 Å². The monoisotopic (exact) mass is 347 g/mol. The third-order valence-electron chi connectivity index (χ3n) is 2.93. The van der Waals surface area contributed by atoms with Crippen molar-refractivity contribution in [1.82, 2.24) is 20.2 Å². The minimum atomic E-state index is -0.308. The van der Waals surface area contributed by atoms with Crippen molar-refractivity contribution in [3.8, 4) is 5.69 Å². The standard InChI is InChI=1S/C14H11BrFN5/c15-10-5-1-4-8-13(10)21-14(18-19-20-21)9-17-12-7-3-2-6-11(12)16/h1-8,17H,9H2. The molecule has 0 fully saturated rings. The summed E-state index contributed by atoms with van der Waals surface area (Å²) in [7, 11) is 0. The van der Waals surface area contributed by atoms with Gasteiger partial charge in [0.15, 0.2) is 5.82 Å². The summed E-state index contributed by atoms with van der Waals surface area (Å²) in [5.74, 6) is 0.280. The second kappa shape index (κ2) is 6.01. The fourth-order valence-corrected chi connectivity index (χ4v) is 2.36. The molecule has 5 nitrogen and oxygen atoms in total. The lowest BCUT2D eigenvalue weighted by Crippen LogP contribution is -2.09. The molecular weight excluding hydrogens is 337 g/mol. The molecule has 3 rings (SSSR count). The number of tetrazole rings is 1. The molecule has 1 heterocycles. The van der Waals surface area contributed by atoms with Crippen molar-refractivity contribution in [3.05, 3.63) is 64.6 Å². The van der Waals surface area contributed by atoms with Gasteiger partial charge in [-0.2, -0.15) is 4.68 Å². The van der Waals surface area contributed by atoms with Crippen LogP contribution in [0.1, 0.15) is 5.82 Å². The third-order valence-corrected chi connectivity index (χ3v) is 3.60. The van der Waals surface area contributed by atoms with Crippen LogP contribution in [0.3, 0.4) is 0 Å². The van der Waals surface area contributed by atoms with E-state index in [2.05, 4.69) is 36.8 Å². The second-order valence-corrected chi connectivity index (χ2v) is 5.15. The van der Waals surface area contributed by atoms with E-state index in [0.717, 1.165) is 10.2 Å². The summed E-state index contributed by atoms with van der Waals surface area (Å²) in [5, 5.41) is 14.6. The minimum absolute atomic E-state index is 0.308. The van der Waals surface area contributed by atoms with Gasteiger partial charge in [0.2, 0.25) is 0 Å². The van der Waals surface area contributed by atoms with E-state index in [1.807, 2.05) is 24.3 Å². The van der Waals surface area contributed by atoms with Gasteiger partial charge >= 0.3 is 0 Å². The molecule has 1 aromatic heterocycles. The van der Waals surface area contributed by atoms with Crippen LogP contribution in [0.2, 0.25) is 0 Å². The fourth-order valence-electron chi connectivity index (χ4n) is 1.91. The molecule has 21 heavy (non-hydrogen) atoms. The maximum Gasteiger partial charge on any atom is 0.175 e. The molecule has 0 amide bonds. The first-order valence-electron chi connectivity index (χ1n) is 6.26. The number of aromatic nitrogens is 4. The van der Waals surface area contributed by atoms with Gasteiger partial charge in [0.1, 0.15) is 5.82 Å². The summed E-state index contributed by atoms with van der Waals surface area (Å²) in [6.45, 7) is 0.315. The van der Waals surface area contributed by atoms with Gasteiger partial charge in [-0.3, -0.25) is 0 Å². The van der Waals surface area contributed by atoms with Crippen molar-refractivity contribution in [2.75, 3.05) is 5.32 Å². The van der Waals surface area contributed by atoms with Crippen LogP contribution in [-0.2, 0) is 6.54 Å². The molecule has 106 valence electrons. The van der Waals surface area contributed by atoms with Crippen LogP contribution in [0.5, 0.6) is 0 Å². The Morgan fingerprint density at radius 2 is 1.86 bits per heavy atom. The molecule has 7 heteroatoms. The number of hydrogen-bond acceptors (Lipinski definition) is 4. The zero-order chi connectivity index (χ0) is 14.7. The molecule has 0 spiro atoms. The van der Waals surface area contributed by atoms with Gasteiger partial charge in [-0.25, -0.2) is 4.39 Å². The lowest BCUT2D eigenvalue weighted by atomic mass is 10.3. The van der Waals surface area contributed by atoms with Crippen LogP contribution >= 0.6 is 15.9 Å². The molecule has 0 aliphatic carbocycles. The van der Waals surface area contributed by atoms with Crippen LogP contribution in [0.4, 0.5) is 10.1 Å². The molecule has 0 saturated carbocycles. The van der Waals surface area contributed by atoms with Crippen molar-refractivity contribution in [2.45, 2.75) is 6.54 Å². The maximum absolute atomic E-state index is 13.6. The molecule has 1 N–H and O–H groups in total. The molecule has 3 aromatic rings. The Labute approximate surface area is 128 Å². The highest BCUT2D eigenvalue weighted by atomic mass is 79.9. The van der Waals surface area contributed by atoms with E-state index in [1.54, 1.807) is 22.9 Å². The SMILES string of the molecule is Fc1ccccc1NCc1nnnn1-c1ccccc1Br. The first-order chi connectivity index (χ1) is 10.3. The quantitative estimate of drug-likeness (QED) is 0.787. The summed E-state index contributed by atoms with van der Waals surface area (Å²) in [5.41, 5.74) is 1.24. The molecule has 0 saturated heterocycles. The first-order valence-corrected chi connectivity index (χ1v) is 7.05. The van der Waals surface area contributed by atoms with Crippen LogP contribution in [0.25, 0.3) is 5.69 Å². The first kappa shape index (κ1) is 13.7. The van der Waals surface area contributed by atoms with Gasteiger partial charge in [0.25, 0.3) is 0 Å². The summed E-state index contributed by atoms with van der Waals surface area (Å²) < 4.78 is 16.1. The van der Waals surface area contributed by atoms with Crippen LogP contribution in [0, 0.1) is 5.82 Å². The van der Waals surface area contributed by atoms with Crippen molar-refractivity contribution >= 4 is 21.6 Å². The second-order valence-electron chi connectivity index (χ2n) is 4.29. The Kier molecular flexibility index (Phi) is 3.92. The highest BCUT2D eigenvalue weighted by Gasteiger charge is 2.11. The third kappa shape index (κ3) is 2.92.